The molecule has 1 saturated carbocycles. The molecule has 0 spiro atoms. The minimum absolute atomic E-state index is 0.0230. The maximum absolute atomic E-state index is 12.1. The van der Waals surface area contributed by atoms with Crippen molar-refractivity contribution in [3.05, 3.63) is 33.8 Å². The van der Waals surface area contributed by atoms with Crippen molar-refractivity contribution in [1.29, 1.82) is 0 Å². The third kappa shape index (κ3) is 2.73. The lowest BCUT2D eigenvalue weighted by molar-refractivity contribution is 0.0935. The minimum Gasteiger partial charge on any atom is -0.348 e. The zero-order chi connectivity index (χ0) is 12.4. The van der Waals surface area contributed by atoms with Gasteiger partial charge in [0, 0.05) is 12.1 Å². The van der Waals surface area contributed by atoms with E-state index in [1.165, 1.54) is 0 Å². The van der Waals surface area contributed by atoms with Crippen LogP contribution in [0.3, 0.4) is 0 Å². The molecule has 3 nitrogen and oxygen atoms in total. The van der Waals surface area contributed by atoms with E-state index in [4.69, 9.17) is 28.9 Å². The summed E-state index contributed by atoms with van der Waals surface area (Å²) in [5, 5.41) is 3.62. The van der Waals surface area contributed by atoms with Gasteiger partial charge in [0.2, 0.25) is 0 Å². The van der Waals surface area contributed by atoms with Crippen molar-refractivity contribution < 1.29 is 4.79 Å². The number of nitrogens with one attached hydrogen (secondary N) is 1. The number of nitrogens with two attached hydrogens (primary N) is 1. The first-order valence-corrected chi connectivity index (χ1v) is 6.35. The number of carbonyl (C=O) groups is 1. The first kappa shape index (κ1) is 12.7. The Kier molecular flexibility index (Phi) is 3.92. The molecule has 0 aromatic heterocycles. The van der Waals surface area contributed by atoms with Crippen LogP contribution in [0.5, 0.6) is 0 Å². The quantitative estimate of drug-likeness (QED) is 0.870. The molecule has 0 bridgehead atoms. The lowest BCUT2D eigenvalue weighted by Crippen LogP contribution is -2.44. The van der Waals surface area contributed by atoms with E-state index in [1.54, 1.807) is 18.2 Å². The molecule has 1 aromatic carbocycles. The molecule has 2 unspecified atom stereocenters. The van der Waals surface area contributed by atoms with E-state index in [0.29, 0.717) is 15.6 Å². The Balaban J connectivity index is 2.14. The summed E-state index contributed by atoms with van der Waals surface area (Å²) in [6.07, 6.45) is 2.90. The lowest BCUT2D eigenvalue weighted by atomic mass is 10.1. The number of halogens is 2. The van der Waals surface area contributed by atoms with E-state index in [2.05, 4.69) is 5.32 Å². The highest BCUT2D eigenvalue weighted by Gasteiger charge is 2.26. The van der Waals surface area contributed by atoms with Crippen molar-refractivity contribution in [2.75, 3.05) is 0 Å². The van der Waals surface area contributed by atoms with Crippen LogP contribution in [0.25, 0.3) is 0 Å². The Morgan fingerprint density at radius 3 is 2.47 bits per heavy atom. The van der Waals surface area contributed by atoms with Crippen LogP contribution in [-0.4, -0.2) is 18.0 Å². The van der Waals surface area contributed by atoms with Gasteiger partial charge in [0.05, 0.1) is 15.6 Å². The van der Waals surface area contributed by atoms with Crippen molar-refractivity contribution in [2.24, 2.45) is 5.73 Å². The van der Waals surface area contributed by atoms with Crippen LogP contribution in [0.4, 0.5) is 0 Å². The molecule has 1 fully saturated rings. The van der Waals surface area contributed by atoms with Gasteiger partial charge in [-0.2, -0.15) is 0 Å². The van der Waals surface area contributed by atoms with Gasteiger partial charge in [0.15, 0.2) is 0 Å². The number of carbonyl (C=O) groups excluding carboxylic acids is 1. The topological polar surface area (TPSA) is 55.1 Å². The van der Waals surface area contributed by atoms with E-state index in [-0.39, 0.29) is 18.0 Å². The smallest absolute Gasteiger partial charge is 0.254 e. The molecule has 1 amide bonds. The molecule has 2 atom stereocenters. The predicted octanol–water partition coefficient (Wildman–Crippen LogP) is 2.60. The predicted molar refractivity (Wildman–Crippen MR) is 69.5 cm³/mol. The van der Waals surface area contributed by atoms with E-state index >= 15 is 0 Å². The number of hydrogen-bond acceptors (Lipinski definition) is 2. The number of hydrogen-bond donors (Lipinski definition) is 2. The Labute approximate surface area is 110 Å². The molecule has 0 saturated heterocycles. The Morgan fingerprint density at radius 2 is 1.94 bits per heavy atom. The van der Waals surface area contributed by atoms with Crippen molar-refractivity contribution in [3.63, 3.8) is 0 Å². The average molecular weight is 273 g/mol. The van der Waals surface area contributed by atoms with Gasteiger partial charge in [0.25, 0.3) is 5.91 Å². The van der Waals surface area contributed by atoms with E-state index in [1.807, 2.05) is 0 Å². The maximum atomic E-state index is 12.1. The fourth-order valence-electron chi connectivity index (χ4n) is 2.12. The molecule has 0 heterocycles. The zero-order valence-corrected chi connectivity index (χ0v) is 10.8. The SMILES string of the molecule is NC1CCCC1NC(=O)c1c(Cl)cccc1Cl. The summed E-state index contributed by atoms with van der Waals surface area (Å²) >= 11 is 11.9. The average Bonchev–Trinajstić information content (AvgIpc) is 2.64. The van der Waals surface area contributed by atoms with Gasteiger partial charge in [-0.05, 0) is 31.4 Å². The summed E-state index contributed by atoms with van der Waals surface area (Å²) < 4.78 is 0. The molecule has 5 heteroatoms. The van der Waals surface area contributed by atoms with Crippen LogP contribution in [0.2, 0.25) is 10.0 Å². The first-order chi connectivity index (χ1) is 8.09. The normalized spacial score (nSPS) is 23.7. The molecular weight excluding hydrogens is 259 g/mol. The molecule has 2 rings (SSSR count). The van der Waals surface area contributed by atoms with Crippen molar-refractivity contribution in [2.45, 2.75) is 31.3 Å². The molecule has 92 valence electrons. The van der Waals surface area contributed by atoms with Crippen LogP contribution in [0, 0.1) is 0 Å². The van der Waals surface area contributed by atoms with E-state index < -0.39 is 0 Å². The van der Waals surface area contributed by atoms with Crippen molar-refractivity contribution in [1.82, 2.24) is 5.32 Å². The third-order valence-electron chi connectivity index (χ3n) is 3.08. The highest BCUT2D eigenvalue weighted by molar-refractivity contribution is 6.39. The van der Waals surface area contributed by atoms with E-state index in [9.17, 15) is 4.79 Å². The second kappa shape index (κ2) is 5.25. The van der Waals surface area contributed by atoms with Gasteiger partial charge < -0.3 is 11.1 Å². The van der Waals surface area contributed by atoms with E-state index in [0.717, 1.165) is 19.3 Å². The van der Waals surface area contributed by atoms with Crippen LogP contribution in [-0.2, 0) is 0 Å². The summed E-state index contributed by atoms with van der Waals surface area (Å²) in [6, 6.07) is 5.06. The fourth-order valence-corrected chi connectivity index (χ4v) is 2.69. The van der Waals surface area contributed by atoms with Gasteiger partial charge >= 0.3 is 0 Å². The molecule has 0 aliphatic heterocycles. The highest BCUT2D eigenvalue weighted by Crippen LogP contribution is 2.25. The highest BCUT2D eigenvalue weighted by atomic mass is 35.5. The number of amides is 1. The Hall–Kier alpha value is -0.770. The second-order valence-electron chi connectivity index (χ2n) is 4.27. The summed E-state index contributed by atoms with van der Waals surface area (Å²) in [6.45, 7) is 0. The van der Waals surface area contributed by atoms with Crippen LogP contribution >= 0.6 is 23.2 Å². The lowest BCUT2D eigenvalue weighted by Gasteiger charge is -2.18. The summed E-state index contributed by atoms with van der Waals surface area (Å²) in [5.74, 6) is -0.247. The Morgan fingerprint density at radius 1 is 1.29 bits per heavy atom. The van der Waals surface area contributed by atoms with Crippen LogP contribution in [0.1, 0.15) is 29.6 Å². The summed E-state index contributed by atoms with van der Waals surface area (Å²) in [7, 11) is 0. The molecule has 1 aromatic rings. The summed E-state index contributed by atoms with van der Waals surface area (Å²) in [4.78, 5) is 12.1. The van der Waals surface area contributed by atoms with Gasteiger partial charge in [-0.15, -0.1) is 0 Å². The molecule has 0 radical (unpaired) electrons. The molecule has 1 aliphatic rings. The molecule has 1 aliphatic carbocycles. The van der Waals surface area contributed by atoms with Crippen LogP contribution < -0.4 is 11.1 Å². The molecular formula is C12H14Cl2N2O. The third-order valence-corrected chi connectivity index (χ3v) is 3.71. The van der Waals surface area contributed by atoms with Gasteiger partial charge in [-0.25, -0.2) is 0 Å². The molecule has 17 heavy (non-hydrogen) atoms. The summed E-state index contributed by atoms with van der Waals surface area (Å²) in [5.41, 5.74) is 6.23. The fraction of sp³-hybridized carbons (Fsp3) is 0.417. The van der Waals surface area contributed by atoms with Gasteiger partial charge in [-0.1, -0.05) is 29.3 Å². The van der Waals surface area contributed by atoms with Crippen molar-refractivity contribution in [3.8, 4) is 0 Å². The van der Waals surface area contributed by atoms with Crippen LogP contribution in [0.15, 0.2) is 18.2 Å². The monoisotopic (exact) mass is 272 g/mol. The number of benzene rings is 1. The number of rotatable bonds is 2. The van der Waals surface area contributed by atoms with Crippen molar-refractivity contribution >= 4 is 29.1 Å². The molecule has 3 N–H and O–H groups in total. The van der Waals surface area contributed by atoms with Gasteiger partial charge in [0.1, 0.15) is 0 Å². The maximum Gasteiger partial charge on any atom is 0.254 e. The largest absolute Gasteiger partial charge is 0.348 e. The van der Waals surface area contributed by atoms with Gasteiger partial charge in [-0.3, -0.25) is 4.79 Å². The second-order valence-corrected chi connectivity index (χ2v) is 5.09. The zero-order valence-electron chi connectivity index (χ0n) is 9.25. The minimum atomic E-state index is -0.247. The standard InChI is InChI=1S/C12H14Cl2N2O/c13-7-3-1-4-8(14)11(7)12(17)16-10-6-2-5-9(10)15/h1,3-4,9-10H,2,5-6,15H2,(H,16,17). The Bertz CT molecular complexity index is 416. The first-order valence-electron chi connectivity index (χ1n) is 5.60.